The second kappa shape index (κ2) is 4.60. The average molecular weight is 239 g/mol. The second-order valence-electron chi connectivity index (χ2n) is 6.34. The van der Waals surface area contributed by atoms with Crippen LogP contribution in [0.1, 0.15) is 52.9 Å². The summed E-state index contributed by atoms with van der Waals surface area (Å²) >= 11 is 0. The van der Waals surface area contributed by atoms with Crippen LogP contribution in [0.25, 0.3) is 0 Å². The lowest BCUT2D eigenvalue weighted by Gasteiger charge is -2.44. The highest BCUT2D eigenvalue weighted by Crippen LogP contribution is 2.39. The van der Waals surface area contributed by atoms with E-state index in [1.807, 2.05) is 6.92 Å². The van der Waals surface area contributed by atoms with Gasteiger partial charge in [-0.15, -0.1) is 0 Å². The number of aliphatic carboxylic acids is 1. The molecule has 1 aliphatic heterocycles. The number of carboxylic acids is 1. The standard InChI is InChI=1S/C14H25NO2/c1-10-5-6-11(2)12(9-10)15-8-4-7-14(15,3)13(16)17/h10-12H,4-9H2,1-3H3,(H,16,17). The third-order valence-corrected chi connectivity index (χ3v) is 4.97. The minimum Gasteiger partial charge on any atom is -0.480 e. The molecule has 4 atom stereocenters. The van der Waals surface area contributed by atoms with E-state index in [0.717, 1.165) is 25.3 Å². The summed E-state index contributed by atoms with van der Waals surface area (Å²) in [5.74, 6) is 0.748. The monoisotopic (exact) mass is 239 g/mol. The number of hydrogen-bond donors (Lipinski definition) is 1. The summed E-state index contributed by atoms with van der Waals surface area (Å²) in [6.45, 7) is 7.46. The Bertz CT molecular complexity index is 305. The number of carbonyl (C=O) groups is 1. The molecule has 3 heteroatoms. The maximum absolute atomic E-state index is 11.5. The van der Waals surface area contributed by atoms with Gasteiger partial charge in [0.05, 0.1) is 0 Å². The SMILES string of the molecule is CC1CCC(C)C(N2CCCC2(C)C(=O)O)C1. The lowest BCUT2D eigenvalue weighted by atomic mass is 9.78. The molecule has 0 aromatic carbocycles. The van der Waals surface area contributed by atoms with Crippen molar-refractivity contribution in [1.29, 1.82) is 0 Å². The molecule has 4 unspecified atom stereocenters. The van der Waals surface area contributed by atoms with E-state index >= 15 is 0 Å². The fourth-order valence-corrected chi connectivity index (χ4v) is 3.68. The Labute approximate surface area is 104 Å². The van der Waals surface area contributed by atoms with Crippen LogP contribution in [0.15, 0.2) is 0 Å². The van der Waals surface area contributed by atoms with Gasteiger partial charge in [-0.05, 0) is 51.0 Å². The fourth-order valence-electron chi connectivity index (χ4n) is 3.68. The van der Waals surface area contributed by atoms with Gasteiger partial charge in [-0.2, -0.15) is 0 Å². The van der Waals surface area contributed by atoms with Crippen LogP contribution in [-0.2, 0) is 4.79 Å². The third-order valence-electron chi connectivity index (χ3n) is 4.97. The molecule has 0 aromatic rings. The maximum Gasteiger partial charge on any atom is 0.323 e. The zero-order chi connectivity index (χ0) is 12.6. The first-order valence-corrected chi connectivity index (χ1v) is 6.95. The second-order valence-corrected chi connectivity index (χ2v) is 6.34. The van der Waals surface area contributed by atoms with Gasteiger partial charge in [0.25, 0.3) is 0 Å². The highest BCUT2D eigenvalue weighted by Gasteiger charge is 2.48. The highest BCUT2D eigenvalue weighted by atomic mass is 16.4. The molecule has 2 aliphatic rings. The van der Waals surface area contributed by atoms with E-state index in [-0.39, 0.29) is 0 Å². The number of hydrogen-bond acceptors (Lipinski definition) is 2. The molecule has 1 saturated carbocycles. The van der Waals surface area contributed by atoms with Crippen molar-refractivity contribution in [3.63, 3.8) is 0 Å². The minimum absolute atomic E-state index is 0.474. The van der Waals surface area contributed by atoms with Gasteiger partial charge in [-0.3, -0.25) is 9.69 Å². The normalized spacial score (nSPS) is 43.8. The molecule has 1 aliphatic carbocycles. The Morgan fingerprint density at radius 1 is 1.35 bits per heavy atom. The van der Waals surface area contributed by atoms with Gasteiger partial charge in [0.1, 0.15) is 5.54 Å². The van der Waals surface area contributed by atoms with Crippen molar-refractivity contribution in [3.05, 3.63) is 0 Å². The van der Waals surface area contributed by atoms with Crippen molar-refractivity contribution in [1.82, 2.24) is 4.90 Å². The molecule has 0 radical (unpaired) electrons. The summed E-state index contributed by atoms with van der Waals surface area (Å²) < 4.78 is 0. The molecule has 17 heavy (non-hydrogen) atoms. The molecule has 2 rings (SSSR count). The van der Waals surface area contributed by atoms with Crippen LogP contribution in [0.4, 0.5) is 0 Å². The van der Waals surface area contributed by atoms with Crippen LogP contribution in [0.2, 0.25) is 0 Å². The Morgan fingerprint density at radius 3 is 2.71 bits per heavy atom. The summed E-state index contributed by atoms with van der Waals surface area (Å²) in [7, 11) is 0. The van der Waals surface area contributed by atoms with Gasteiger partial charge in [-0.1, -0.05) is 20.3 Å². The molecule has 1 saturated heterocycles. The van der Waals surface area contributed by atoms with E-state index in [2.05, 4.69) is 18.7 Å². The van der Waals surface area contributed by atoms with Crippen molar-refractivity contribution in [2.45, 2.75) is 64.5 Å². The van der Waals surface area contributed by atoms with E-state index < -0.39 is 11.5 Å². The Kier molecular flexibility index (Phi) is 3.48. The van der Waals surface area contributed by atoms with E-state index in [1.165, 1.54) is 19.3 Å². The van der Waals surface area contributed by atoms with Crippen molar-refractivity contribution in [2.75, 3.05) is 6.54 Å². The zero-order valence-corrected chi connectivity index (χ0v) is 11.3. The van der Waals surface area contributed by atoms with Gasteiger partial charge in [-0.25, -0.2) is 0 Å². The molecule has 3 nitrogen and oxygen atoms in total. The van der Waals surface area contributed by atoms with E-state index in [9.17, 15) is 9.90 Å². The molecule has 98 valence electrons. The lowest BCUT2D eigenvalue weighted by Crippen LogP contribution is -2.55. The molecule has 0 bridgehead atoms. The van der Waals surface area contributed by atoms with E-state index in [4.69, 9.17) is 0 Å². The molecule has 0 amide bonds. The Hall–Kier alpha value is -0.570. The molecular weight excluding hydrogens is 214 g/mol. The number of nitrogens with zero attached hydrogens (tertiary/aromatic N) is 1. The third kappa shape index (κ3) is 2.22. The van der Waals surface area contributed by atoms with Crippen molar-refractivity contribution in [3.8, 4) is 0 Å². The fraction of sp³-hybridized carbons (Fsp3) is 0.929. The van der Waals surface area contributed by atoms with Gasteiger partial charge in [0.15, 0.2) is 0 Å². The first kappa shape index (κ1) is 12.9. The first-order valence-electron chi connectivity index (χ1n) is 6.95. The molecular formula is C14H25NO2. The lowest BCUT2D eigenvalue weighted by molar-refractivity contribution is -0.151. The molecule has 2 fully saturated rings. The van der Waals surface area contributed by atoms with Gasteiger partial charge in [0.2, 0.25) is 0 Å². The van der Waals surface area contributed by atoms with Gasteiger partial charge < -0.3 is 5.11 Å². The molecule has 0 aromatic heterocycles. The highest BCUT2D eigenvalue weighted by molar-refractivity contribution is 5.78. The van der Waals surface area contributed by atoms with Crippen LogP contribution >= 0.6 is 0 Å². The van der Waals surface area contributed by atoms with Crippen LogP contribution in [-0.4, -0.2) is 34.1 Å². The Balaban J connectivity index is 2.17. The zero-order valence-electron chi connectivity index (χ0n) is 11.3. The topological polar surface area (TPSA) is 40.5 Å². The van der Waals surface area contributed by atoms with E-state index in [1.54, 1.807) is 0 Å². The van der Waals surface area contributed by atoms with Crippen LogP contribution in [0.5, 0.6) is 0 Å². The average Bonchev–Trinajstić information content (AvgIpc) is 2.65. The minimum atomic E-state index is -0.638. The largest absolute Gasteiger partial charge is 0.480 e. The smallest absolute Gasteiger partial charge is 0.323 e. The Morgan fingerprint density at radius 2 is 2.06 bits per heavy atom. The van der Waals surface area contributed by atoms with Crippen molar-refractivity contribution < 1.29 is 9.90 Å². The predicted molar refractivity (Wildman–Crippen MR) is 67.9 cm³/mol. The van der Waals surface area contributed by atoms with Crippen molar-refractivity contribution >= 4 is 5.97 Å². The molecule has 1 heterocycles. The van der Waals surface area contributed by atoms with E-state index in [0.29, 0.717) is 12.0 Å². The quantitative estimate of drug-likeness (QED) is 0.805. The van der Waals surface area contributed by atoms with Crippen molar-refractivity contribution in [2.24, 2.45) is 11.8 Å². The van der Waals surface area contributed by atoms with Crippen LogP contribution < -0.4 is 0 Å². The number of carboxylic acid groups (broad SMARTS) is 1. The summed E-state index contributed by atoms with van der Waals surface area (Å²) in [6, 6.07) is 0.474. The number of rotatable bonds is 2. The van der Waals surface area contributed by atoms with Gasteiger partial charge in [0, 0.05) is 6.04 Å². The summed E-state index contributed by atoms with van der Waals surface area (Å²) in [5.41, 5.74) is -0.615. The maximum atomic E-state index is 11.5. The predicted octanol–water partition coefficient (Wildman–Crippen LogP) is 2.75. The first-order chi connectivity index (χ1) is 7.95. The summed E-state index contributed by atoms with van der Waals surface area (Å²) in [4.78, 5) is 13.8. The molecule has 1 N–H and O–H groups in total. The molecule has 0 spiro atoms. The summed E-state index contributed by atoms with van der Waals surface area (Å²) in [5, 5.41) is 9.48. The van der Waals surface area contributed by atoms with Crippen LogP contribution in [0, 0.1) is 11.8 Å². The van der Waals surface area contributed by atoms with Gasteiger partial charge >= 0.3 is 5.97 Å². The number of likely N-dealkylation sites (tertiary alicyclic amines) is 1. The van der Waals surface area contributed by atoms with Crippen LogP contribution in [0.3, 0.4) is 0 Å². The summed E-state index contributed by atoms with van der Waals surface area (Å²) in [6.07, 6.45) is 5.55.